The summed E-state index contributed by atoms with van der Waals surface area (Å²) in [6, 6.07) is 45.2. The first kappa shape index (κ1) is 111. The molecule has 8 rings (SSSR count). The number of piperidine rings is 2. The molecule has 734 valence electrons. The van der Waals surface area contributed by atoms with E-state index in [4.69, 9.17) is 31.4 Å². The zero-order chi connectivity index (χ0) is 97.7. The molecule has 33 heteroatoms. The van der Waals surface area contributed by atoms with Gasteiger partial charge in [0.15, 0.2) is 0 Å². The van der Waals surface area contributed by atoms with Gasteiger partial charge >= 0.3 is 17.9 Å². The van der Waals surface area contributed by atoms with E-state index >= 15 is 0 Å². The van der Waals surface area contributed by atoms with Gasteiger partial charge in [-0.3, -0.25) is 57.5 Å². The predicted octanol–water partition coefficient (Wildman–Crippen LogP) is 7.58. The second-order valence-electron chi connectivity index (χ2n) is 33.8. The molecule has 9 amide bonds. The first-order valence-electron chi connectivity index (χ1n) is 46.6. The van der Waals surface area contributed by atoms with Crippen LogP contribution in [0.15, 0.2) is 164 Å². The van der Waals surface area contributed by atoms with Gasteiger partial charge in [-0.25, -0.2) is 0 Å². The number of rotatable bonds is 53. The fraction of sp³-hybridized carbons (Fsp3) is 0.525. The molecule has 0 aliphatic carbocycles. The maximum Gasteiger partial charge on any atom is 0.306 e. The number of benzene rings is 6. The first-order valence-corrected chi connectivity index (χ1v) is 46.6. The van der Waals surface area contributed by atoms with Crippen LogP contribution in [-0.4, -0.2) is 272 Å². The Morgan fingerprint density at radius 1 is 0.351 bits per heavy atom. The van der Waals surface area contributed by atoms with Crippen LogP contribution in [0.2, 0.25) is 0 Å². The smallest absolute Gasteiger partial charge is 0.306 e. The maximum atomic E-state index is 14.2. The van der Waals surface area contributed by atoms with Crippen LogP contribution in [-0.2, 0) is 111 Å². The van der Waals surface area contributed by atoms with E-state index in [1.165, 1.54) is 36.0 Å². The van der Waals surface area contributed by atoms with Crippen molar-refractivity contribution < 1.29 is 101 Å². The van der Waals surface area contributed by atoms with Crippen molar-refractivity contribution in [2.75, 3.05) is 102 Å². The van der Waals surface area contributed by atoms with E-state index in [2.05, 4.69) is 30.2 Å². The van der Waals surface area contributed by atoms with Gasteiger partial charge in [0.1, 0.15) is 35.4 Å². The molecule has 2 aliphatic rings. The Labute approximate surface area is 789 Å². The molecule has 33 nitrogen and oxygen atoms in total. The molecule has 2 fully saturated rings. The lowest BCUT2D eigenvalue weighted by Gasteiger charge is -2.32. The van der Waals surface area contributed by atoms with Crippen LogP contribution in [0, 0.1) is 0 Å². The van der Waals surface area contributed by atoms with Gasteiger partial charge in [0.25, 0.3) is 0 Å². The highest BCUT2D eigenvalue weighted by Gasteiger charge is 2.36. The summed E-state index contributed by atoms with van der Waals surface area (Å²) >= 11 is 0. The highest BCUT2D eigenvalue weighted by Crippen LogP contribution is 2.24. The summed E-state index contributed by atoms with van der Waals surface area (Å²) in [5.41, 5.74) is 24.3. The van der Waals surface area contributed by atoms with E-state index in [0.29, 0.717) is 75.8 Å². The molecule has 0 saturated carbocycles. The number of nitrogens with zero attached hydrogens (tertiary/aromatic N) is 6. The van der Waals surface area contributed by atoms with E-state index in [1.807, 2.05) is 134 Å². The topological polar surface area (TPSA) is 454 Å². The second-order valence-corrected chi connectivity index (χ2v) is 33.8. The summed E-state index contributed by atoms with van der Waals surface area (Å²) in [6.07, 6.45) is 5.63. The fourth-order valence-electron chi connectivity index (χ4n) is 15.7. The van der Waals surface area contributed by atoms with Crippen LogP contribution in [0.3, 0.4) is 0 Å². The van der Waals surface area contributed by atoms with Crippen LogP contribution < -0.4 is 47.4 Å². The Morgan fingerprint density at radius 3 is 0.940 bits per heavy atom. The molecular formula is C101H144N12O21. The third kappa shape index (κ3) is 41.3. The van der Waals surface area contributed by atoms with Crippen molar-refractivity contribution in [2.45, 2.75) is 242 Å². The molecule has 6 aromatic carbocycles. The Bertz CT molecular complexity index is 4560. The lowest BCUT2D eigenvalue weighted by molar-refractivity contribution is -0.143. The molecule has 0 spiro atoms. The zero-order valence-corrected chi connectivity index (χ0v) is 79.3. The van der Waals surface area contributed by atoms with Gasteiger partial charge in [0.2, 0.25) is 53.2 Å². The van der Waals surface area contributed by atoms with Crippen molar-refractivity contribution in [3.8, 4) is 17.2 Å². The predicted molar refractivity (Wildman–Crippen MR) is 508 cm³/mol. The third-order valence-corrected chi connectivity index (χ3v) is 23.3. The first-order chi connectivity index (χ1) is 64.5. The Kier molecular flexibility index (Phi) is 51.2. The molecule has 2 aliphatic heterocycles. The summed E-state index contributed by atoms with van der Waals surface area (Å²) in [5.74, 6) is -2.74. The van der Waals surface area contributed by atoms with Crippen LogP contribution >= 0.6 is 0 Å². The van der Waals surface area contributed by atoms with Gasteiger partial charge in [-0.2, -0.15) is 0 Å². The quantitative estimate of drug-likeness (QED) is 0.0131. The Morgan fingerprint density at radius 2 is 0.642 bits per heavy atom. The molecule has 0 radical (unpaired) electrons. The highest BCUT2D eigenvalue weighted by atomic mass is 16.5. The lowest BCUT2D eigenvalue weighted by Crippen LogP contribution is -2.53. The van der Waals surface area contributed by atoms with Crippen LogP contribution in [0.5, 0.6) is 17.2 Å². The number of methoxy groups -OCH3 is 6. The van der Waals surface area contributed by atoms with Crippen LogP contribution in [0.25, 0.3) is 0 Å². The van der Waals surface area contributed by atoms with Gasteiger partial charge in [0.05, 0.1) is 73.8 Å². The second kappa shape index (κ2) is 61.8. The van der Waals surface area contributed by atoms with E-state index in [1.54, 1.807) is 79.7 Å². The minimum Gasteiger partial charge on any atom is -0.497 e. The number of aliphatic hydroxyl groups is 3. The standard InChI is InChI=1S/C34H48N4O7.C34H50N4O7.C33H46N4O7/c1-44-27-14-9-13-26(21-27)23-38(24-30(39)28(35)22-25-11-5-3-6-12-25)34(43)29(36-31(40)15-10-16-33(42)45-2)17-18-32(41)37-19-7-4-8-20-37;1-5-19-37(20-6-2)32(41)17-15-29(36-31(40)16-18-33(42)45-4)34(43)38(23-26-13-10-14-27(21-26)44-3)24-30(39)28(35)22-25-11-8-7-9-12-25;1-43-26-13-9-12-25(20-26)22-37(23-29(38)27(34)21-24-10-5-3-6-11-24)33(42)28(35-30(39)15-17-32(41)44-2)14-16-31(40)36-18-7-4-8-19-36/h3,5-6,9,11-14,21,28-30,39H,4,7-8,10,15-20,22-24,35H2,1-2H3,(H,36,40);7-14,21,28-30,39H,5-6,15-20,22-24,35H2,1-4H3,(H,36,40);3,5-6,9-13,20,27-29,38H,4,7-8,14-19,21-23,34H2,1-2H3,(H,35,39)/t2*28-,29+,30+;27-,28+,29+/m000/s1. The number of esters is 3. The van der Waals surface area contributed by atoms with Gasteiger partial charge in [0, 0.05) is 142 Å². The SMILES string of the molecule is CCCN(CCC)C(=O)CC[C@@H](NC(=O)CCC(=O)OC)C(=O)N(Cc1cccc(OC)c1)C[C@@H](O)[C@@H](N)Cc1ccccc1.COC(=O)CCC(=O)N[C@H](CCC(=O)N1CCCCC1)C(=O)N(Cc1cccc(OC)c1)C[C@@H](O)[C@@H](N)Cc1ccccc1.COC(=O)CCCC(=O)N[C@H](CCC(=O)N1CCCCC1)C(=O)N(Cc1cccc(OC)c1)C[C@@H](O)[C@@H](N)Cc1ccccc1. The molecular weight excluding hydrogens is 1720 g/mol. The van der Waals surface area contributed by atoms with Gasteiger partial charge < -0.3 is 106 Å². The van der Waals surface area contributed by atoms with Gasteiger partial charge in [-0.05, 0) is 166 Å². The largest absolute Gasteiger partial charge is 0.497 e. The monoisotopic (exact) mass is 1860 g/mol. The van der Waals surface area contributed by atoms with Crippen molar-refractivity contribution in [2.24, 2.45) is 17.2 Å². The summed E-state index contributed by atoms with van der Waals surface area (Å²) in [5, 5.41) is 41.8. The average Bonchev–Trinajstić information content (AvgIpc) is 0.846. The third-order valence-electron chi connectivity index (χ3n) is 23.3. The Balaban J connectivity index is 0.000000309. The molecule has 12 N–H and O–H groups in total. The van der Waals surface area contributed by atoms with E-state index < -0.39 is 108 Å². The summed E-state index contributed by atoms with van der Waals surface area (Å²) in [4.78, 5) is 165. The lowest BCUT2D eigenvalue weighted by atomic mass is 10.0. The highest BCUT2D eigenvalue weighted by molar-refractivity contribution is 5.92. The maximum absolute atomic E-state index is 14.2. The summed E-state index contributed by atoms with van der Waals surface area (Å²) < 4.78 is 30.0. The van der Waals surface area contributed by atoms with Crippen molar-refractivity contribution in [1.82, 2.24) is 45.3 Å². The van der Waals surface area contributed by atoms with E-state index in [-0.39, 0.29) is 140 Å². The number of likely N-dealkylation sites (tertiary alicyclic amines) is 2. The van der Waals surface area contributed by atoms with Crippen molar-refractivity contribution in [3.63, 3.8) is 0 Å². The molecule has 2 saturated heterocycles. The fourth-order valence-corrected chi connectivity index (χ4v) is 15.7. The van der Waals surface area contributed by atoms with Crippen LogP contribution in [0.4, 0.5) is 0 Å². The van der Waals surface area contributed by atoms with Crippen molar-refractivity contribution in [1.29, 1.82) is 0 Å². The number of carbonyl (C=O) groups is 12. The number of amides is 9. The molecule has 0 aromatic heterocycles. The zero-order valence-electron chi connectivity index (χ0n) is 79.3. The molecule has 9 atom stereocenters. The summed E-state index contributed by atoms with van der Waals surface area (Å²) in [7, 11) is 8.41. The number of nitrogens with two attached hydrogens (primary N) is 3. The minimum absolute atomic E-state index is 0.0133. The number of hydrogen-bond acceptors (Lipinski definition) is 24. The van der Waals surface area contributed by atoms with Crippen molar-refractivity contribution in [3.05, 3.63) is 197 Å². The number of aliphatic hydroxyl groups excluding tert-OH is 3. The molecule has 0 bridgehead atoms. The average molecular weight is 1860 g/mol. The van der Waals surface area contributed by atoms with E-state index in [9.17, 15) is 72.9 Å². The van der Waals surface area contributed by atoms with E-state index in [0.717, 1.165) is 84.7 Å². The molecule has 134 heavy (non-hydrogen) atoms. The number of nitrogens with one attached hydrogen (secondary N) is 3. The molecule has 2 heterocycles. The molecule has 6 aromatic rings. The Hall–Kier alpha value is -11.9. The minimum atomic E-state index is -1.08. The molecule has 0 unspecified atom stereocenters. The number of hydrogen-bond donors (Lipinski definition) is 9. The van der Waals surface area contributed by atoms with Gasteiger partial charge in [-0.1, -0.05) is 141 Å². The van der Waals surface area contributed by atoms with Crippen LogP contribution in [0.1, 0.15) is 182 Å². The van der Waals surface area contributed by atoms with Gasteiger partial charge in [-0.15, -0.1) is 0 Å². The van der Waals surface area contributed by atoms with Crippen molar-refractivity contribution >= 4 is 71.1 Å². The summed E-state index contributed by atoms with van der Waals surface area (Å²) in [6.45, 7) is 7.96. The normalized spacial score (nSPS) is 14.3. The number of carbonyl (C=O) groups excluding carboxylic acids is 12. The number of ether oxygens (including phenoxy) is 6.